The SMILES string of the molecule is Cc1ccc(-n2ccc(CCl)n2)cc1Cl. The second-order valence-electron chi connectivity index (χ2n) is 3.32. The Morgan fingerprint density at radius 1 is 1.33 bits per heavy atom. The molecule has 0 aliphatic carbocycles. The zero-order valence-electron chi connectivity index (χ0n) is 8.24. The van der Waals surface area contributed by atoms with Crippen molar-refractivity contribution in [2.24, 2.45) is 0 Å². The Hall–Kier alpha value is -0.990. The maximum Gasteiger partial charge on any atom is 0.0776 e. The molecule has 0 saturated carbocycles. The number of aryl methyl sites for hydroxylation is 1. The number of benzene rings is 1. The lowest BCUT2D eigenvalue weighted by atomic mass is 10.2. The van der Waals surface area contributed by atoms with E-state index in [0.29, 0.717) is 5.88 Å². The maximum absolute atomic E-state index is 6.04. The van der Waals surface area contributed by atoms with Crippen LogP contribution in [0.3, 0.4) is 0 Å². The predicted molar refractivity (Wildman–Crippen MR) is 62.9 cm³/mol. The quantitative estimate of drug-likeness (QED) is 0.735. The van der Waals surface area contributed by atoms with E-state index in [1.165, 1.54) is 0 Å². The Morgan fingerprint density at radius 2 is 2.13 bits per heavy atom. The van der Waals surface area contributed by atoms with Crippen molar-refractivity contribution in [1.29, 1.82) is 0 Å². The lowest BCUT2D eigenvalue weighted by Crippen LogP contribution is -1.95. The smallest absolute Gasteiger partial charge is 0.0776 e. The highest BCUT2D eigenvalue weighted by Gasteiger charge is 2.02. The largest absolute Gasteiger partial charge is 0.241 e. The van der Waals surface area contributed by atoms with Gasteiger partial charge in [-0.15, -0.1) is 11.6 Å². The molecule has 0 fully saturated rings. The molecule has 78 valence electrons. The van der Waals surface area contributed by atoms with E-state index in [1.807, 2.05) is 37.4 Å². The Balaban J connectivity index is 2.40. The van der Waals surface area contributed by atoms with Gasteiger partial charge in [0.05, 0.1) is 17.3 Å². The van der Waals surface area contributed by atoms with Gasteiger partial charge < -0.3 is 0 Å². The molecule has 0 aliphatic heterocycles. The van der Waals surface area contributed by atoms with Crippen molar-refractivity contribution in [3.05, 3.63) is 46.7 Å². The van der Waals surface area contributed by atoms with Crippen molar-refractivity contribution in [3.63, 3.8) is 0 Å². The van der Waals surface area contributed by atoms with Crippen LogP contribution in [0.1, 0.15) is 11.3 Å². The molecule has 0 spiro atoms. The number of nitrogens with zero attached hydrogens (tertiary/aromatic N) is 2. The van der Waals surface area contributed by atoms with E-state index in [2.05, 4.69) is 5.10 Å². The van der Waals surface area contributed by atoms with E-state index in [0.717, 1.165) is 22.0 Å². The number of rotatable bonds is 2. The monoisotopic (exact) mass is 240 g/mol. The molecule has 4 heteroatoms. The highest BCUT2D eigenvalue weighted by Crippen LogP contribution is 2.19. The summed E-state index contributed by atoms with van der Waals surface area (Å²) in [5.74, 6) is 0.423. The van der Waals surface area contributed by atoms with E-state index in [-0.39, 0.29) is 0 Å². The van der Waals surface area contributed by atoms with Gasteiger partial charge in [0.2, 0.25) is 0 Å². The first kappa shape index (κ1) is 10.5. The third kappa shape index (κ3) is 2.16. The maximum atomic E-state index is 6.04. The molecule has 0 atom stereocenters. The van der Waals surface area contributed by atoms with Crippen LogP contribution < -0.4 is 0 Å². The molecule has 0 N–H and O–H groups in total. The average molecular weight is 241 g/mol. The first-order valence-electron chi connectivity index (χ1n) is 4.58. The van der Waals surface area contributed by atoms with Gasteiger partial charge in [0.1, 0.15) is 0 Å². The van der Waals surface area contributed by atoms with Crippen LogP contribution >= 0.6 is 23.2 Å². The molecular formula is C11H10Cl2N2. The van der Waals surface area contributed by atoms with Crippen LogP contribution in [-0.4, -0.2) is 9.78 Å². The van der Waals surface area contributed by atoms with E-state index in [4.69, 9.17) is 23.2 Å². The van der Waals surface area contributed by atoms with Crippen LogP contribution in [0, 0.1) is 6.92 Å². The normalized spacial score (nSPS) is 10.6. The number of hydrogen-bond donors (Lipinski definition) is 0. The molecule has 0 amide bonds. The van der Waals surface area contributed by atoms with Crippen LogP contribution in [0.4, 0.5) is 0 Å². The van der Waals surface area contributed by atoms with E-state index >= 15 is 0 Å². The van der Waals surface area contributed by atoms with Crippen LogP contribution in [-0.2, 0) is 5.88 Å². The summed E-state index contributed by atoms with van der Waals surface area (Å²) in [7, 11) is 0. The summed E-state index contributed by atoms with van der Waals surface area (Å²) in [6.45, 7) is 1.97. The lowest BCUT2D eigenvalue weighted by molar-refractivity contribution is 0.858. The Kier molecular flexibility index (Phi) is 2.98. The van der Waals surface area contributed by atoms with Gasteiger partial charge in [0.25, 0.3) is 0 Å². The van der Waals surface area contributed by atoms with Crippen LogP contribution in [0.5, 0.6) is 0 Å². The average Bonchev–Trinajstić information content (AvgIpc) is 2.70. The predicted octanol–water partition coefficient (Wildman–Crippen LogP) is 3.57. The van der Waals surface area contributed by atoms with Gasteiger partial charge in [-0.05, 0) is 30.7 Å². The standard InChI is InChI=1S/C11H10Cl2N2/c1-8-2-3-10(6-11(8)13)15-5-4-9(7-12)14-15/h2-6H,7H2,1H3. The minimum absolute atomic E-state index is 0.423. The van der Waals surface area contributed by atoms with Crippen molar-refractivity contribution < 1.29 is 0 Å². The first-order chi connectivity index (χ1) is 7.20. The van der Waals surface area contributed by atoms with Crippen molar-refractivity contribution in [1.82, 2.24) is 9.78 Å². The fourth-order valence-corrected chi connectivity index (χ4v) is 1.62. The number of hydrogen-bond acceptors (Lipinski definition) is 1. The molecule has 2 rings (SSSR count). The van der Waals surface area contributed by atoms with Crippen LogP contribution in [0.2, 0.25) is 5.02 Å². The second kappa shape index (κ2) is 4.25. The lowest BCUT2D eigenvalue weighted by Gasteiger charge is -2.03. The molecule has 1 aromatic carbocycles. The summed E-state index contributed by atoms with van der Waals surface area (Å²) in [5.41, 5.74) is 2.86. The topological polar surface area (TPSA) is 17.8 Å². The van der Waals surface area contributed by atoms with E-state index < -0.39 is 0 Å². The zero-order valence-corrected chi connectivity index (χ0v) is 9.76. The molecule has 0 radical (unpaired) electrons. The molecule has 0 saturated heterocycles. The summed E-state index contributed by atoms with van der Waals surface area (Å²) in [4.78, 5) is 0. The summed E-state index contributed by atoms with van der Waals surface area (Å²) in [6.07, 6.45) is 1.87. The highest BCUT2D eigenvalue weighted by molar-refractivity contribution is 6.31. The highest BCUT2D eigenvalue weighted by atomic mass is 35.5. The molecule has 15 heavy (non-hydrogen) atoms. The number of halogens is 2. The van der Waals surface area contributed by atoms with E-state index in [9.17, 15) is 0 Å². The summed E-state index contributed by atoms with van der Waals surface area (Å²) >= 11 is 11.7. The second-order valence-corrected chi connectivity index (χ2v) is 3.99. The Morgan fingerprint density at radius 3 is 2.73 bits per heavy atom. The molecule has 0 bridgehead atoms. The minimum Gasteiger partial charge on any atom is -0.241 e. The van der Waals surface area contributed by atoms with Crippen molar-refractivity contribution in [2.75, 3.05) is 0 Å². The fraction of sp³-hybridized carbons (Fsp3) is 0.182. The van der Waals surface area contributed by atoms with E-state index in [1.54, 1.807) is 4.68 Å². The van der Waals surface area contributed by atoms with Gasteiger partial charge in [0.15, 0.2) is 0 Å². The van der Waals surface area contributed by atoms with Crippen molar-refractivity contribution in [2.45, 2.75) is 12.8 Å². The Labute approximate surface area is 98.4 Å². The molecule has 1 aromatic heterocycles. The molecule has 0 aliphatic rings. The third-order valence-electron chi connectivity index (χ3n) is 2.20. The number of alkyl halides is 1. The van der Waals surface area contributed by atoms with Gasteiger partial charge in [-0.3, -0.25) is 0 Å². The Bertz CT molecular complexity index is 477. The molecule has 0 unspecified atom stereocenters. The van der Waals surface area contributed by atoms with Gasteiger partial charge in [-0.1, -0.05) is 17.7 Å². The van der Waals surface area contributed by atoms with Gasteiger partial charge in [0, 0.05) is 11.2 Å². The minimum atomic E-state index is 0.423. The summed E-state index contributed by atoms with van der Waals surface area (Å²) in [5, 5.41) is 5.04. The van der Waals surface area contributed by atoms with Gasteiger partial charge in [-0.25, -0.2) is 4.68 Å². The zero-order chi connectivity index (χ0) is 10.8. The summed E-state index contributed by atoms with van der Waals surface area (Å²) in [6, 6.07) is 7.73. The first-order valence-corrected chi connectivity index (χ1v) is 5.49. The molecule has 2 nitrogen and oxygen atoms in total. The van der Waals surface area contributed by atoms with Gasteiger partial charge in [-0.2, -0.15) is 5.10 Å². The summed E-state index contributed by atoms with van der Waals surface area (Å²) < 4.78 is 1.77. The third-order valence-corrected chi connectivity index (χ3v) is 2.88. The van der Waals surface area contributed by atoms with Gasteiger partial charge >= 0.3 is 0 Å². The van der Waals surface area contributed by atoms with Crippen LogP contribution in [0.15, 0.2) is 30.5 Å². The molecule has 2 aromatic rings. The van der Waals surface area contributed by atoms with Crippen molar-refractivity contribution in [3.8, 4) is 5.69 Å². The number of aromatic nitrogens is 2. The molecular weight excluding hydrogens is 231 g/mol. The van der Waals surface area contributed by atoms with Crippen LogP contribution in [0.25, 0.3) is 5.69 Å². The molecule has 1 heterocycles. The fourth-order valence-electron chi connectivity index (χ4n) is 1.30. The van der Waals surface area contributed by atoms with Crippen molar-refractivity contribution >= 4 is 23.2 Å².